The van der Waals surface area contributed by atoms with Crippen LogP contribution in [0.15, 0.2) is 52.5 Å². The highest BCUT2D eigenvalue weighted by atomic mass is 32.1. The zero-order chi connectivity index (χ0) is 17.3. The number of benzene rings is 1. The molecule has 3 rings (SSSR count). The maximum absolute atomic E-state index is 8.53. The Morgan fingerprint density at radius 2 is 2.20 bits per heavy atom. The fourth-order valence-electron chi connectivity index (χ4n) is 2.32. The van der Waals surface area contributed by atoms with Gasteiger partial charge < -0.3 is 14.5 Å². The Morgan fingerprint density at radius 3 is 3.04 bits per heavy atom. The Kier molecular flexibility index (Phi) is 6.21. The summed E-state index contributed by atoms with van der Waals surface area (Å²) in [6.45, 7) is 1.92. The van der Waals surface area contributed by atoms with Crippen LogP contribution in [-0.2, 0) is 13.1 Å². The molecule has 2 aromatic heterocycles. The van der Waals surface area contributed by atoms with Gasteiger partial charge in [-0.25, -0.2) is 4.98 Å². The lowest BCUT2D eigenvalue weighted by Gasteiger charge is -2.08. The van der Waals surface area contributed by atoms with Crippen molar-refractivity contribution < 1.29 is 9.15 Å². The van der Waals surface area contributed by atoms with Crippen molar-refractivity contribution in [3.05, 3.63) is 59.3 Å². The molecule has 0 fully saturated rings. The maximum atomic E-state index is 8.53. The van der Waals surface area contributed by atoms with Crippen molar-refractivity contribution in [3.8, 4) is 22.6 Å². The fourth-order valence-corrected chi connectivity index (χ4v) is 2.98. The summed E-state index contributed by atoms with van der Waals surface area (Å²) in [4.78, 5) is 5.52. The first-order valence-electron chi connectivity index (χ1n) is 8.13. The van der Waals surface area contributed by atoms with Gasteiger partial charge in [-0.15, -0.1) is 11.3 Å². The molecular weight excluding hydrogens is 334 g/mol. The number of aromatic nitrogens is 1. The maximum Gasteiger partial charge on any atom is 0.236 e. The third kappa shape index (κ3) is 5.18. The van der Waals surface area contributed by atoms with Crippen LogP contribution in [0.3, 0.4) is 0 Å². The smallest absolute Gasteiger partial charge is 0.236 e. The molecule has 0 unspecified atom stereocenters. The molecule has 0 saturated heterocycles. The fraction of sp³-hybridized carbons (Fsp3) is 0.263. The zero-order valence-corrected chi connectivity index (χ0v) is 14.6. The molecule has 0 amide bonds. The van der Waals surface area contributed by atoms with Crippen LogP contribution < -0.4 is 10.1 Å². The molecule has 5 nitrogen and oxygen atoms in total. The second kappa shape index (κ2) is 9.02. The Labute approximate surface area is 150 Å². The second-order valence-electron chi connectivity index (χ2n) is 5.48. The number of ether oxygens (including phenoxy) is 1. The van der Waals surface area contributed by atoms with Gasteiger partial charge in [0.1, 0.15) is 12.0 Å². The van der Waals surface area contributed by atoms with Crippen LogP contribution in [0.25, 0.3) is 10.8 Å². The predicted molar refractivity (Wildman–Crippen MR) is 97.1 cm³/mol. The third-order valence-electron chi connectivity index (χ3n) is 3.52. The molecule has 0 saturated carbocycles. The number of nitrogens with one attached hydrogen (secondary N) is 1. The van der Waals surface area contributed by atoms with E-state index >= 15 is 0 Å². The van der Waals surface area contributed by atoms with Crippen molar-refractivity contribution in [2.75, 3.05) is 6.61 Å². The van der Waals surface area contributed by atoms with Crippen LogP contribution in [0.2, 0.25) is 0 Å². The van der Waals surface area contributed by atoms with E-state index in [0.717, 1.165) is 34.8 Å². The van der Waals surface area contributed by atoms with Crippen LogP contribution in [0.5, 0.6) is 5.75 Å². The van der Waals surface area contributed by atoms with Crippen LogP contribution in [-0.4, -0.2) is 11.6 Å². The number of nitriles is 1. The molecular formula is C19H19N3O2S. The van der Waals surface area contributed by atoms with Crippen molar-refractivity contribution in [1.29, 1.82) is 5.26 Å². The zero-order valence-electron chi connectivity index (χ0n) is 13.8. The van der Waals surface area contributed by atoms with E-state index in [2.05, 4.69) is 22.4 Å². The third-order valence-corrected chi connectivity index (χ3v) is 4.38. The van der Waals surface area contributed by atoms with E-state index in [-0.39, 0.29) is 0 Å². The summed E-state index contributed by atoms with van der Waals surface area (Å²) in [7, 11) is 0. The molecule has 1 N–H and O–H groups in total. The Balaban J connectivity index is 1.46. The molecule has 1 aromatic carbocycles. The van der Waals surface area contributed by atoms with Crippen molar-refractivity contribution in [1.82, 2.24) is 10.3 Å². The number of thiophene rings is 1. The summed E-state index contributed by atoms with van der Waals surface area (Å²) in [5, 5.41) is 13.9. The highest BCUT2D eigenvalue weighted by Gasteiger charge is 2.07. The predicted octanol–water partition coefficient (Wildman–Crippen LogP) is 4.38. The van der Waals surface area contributed by atoms with Crippen molar-refractivity contribution in [2.45, 2.75) is 25.9 Å². The van der Waals surface area contributed by atoms with E-state index in [4.69, 9.17) is 14.4 Å². The molecule has 0 aliphatic rings. The molecule has 3 aromatic rings. The van der Waals surface area contributed by atoms with Crippen LogP contribution in [0, 0.1) is 11.3 Å². The molecule has 0 bridgehead atoms. The lowest BCUT2D eigenvalue weighted by molar-refractivity contribution is 0.312. The lowest BCUT2D eigenvalue weighted by Crippen LogP contribution is -2.13. The summed E-state index contributed by atoms with van der Waals surface area (Å²) >= 11 is 1.61. The minimum absolute atomic E-state index is 0.520. The molecule has 6 heteroatoms. The Hall–Kier alpha value is -2.62. The molecule has 0 spiro atoms. The highest BCUT2D eigenvalue weighted by molar-refractivity contribution is 7.13. The second-order valence-corrected chi connectivity index (χ2v) is 6.43. The standard InChI is InChI=1S/C19H19N3O2S/c20-8-1-2-9-23-17-6-3-5-15(11-17)12-21-13-16-14-24-19(22-16)18-7-4-10-25-18/h3-7,10-11,14,21H,1-2,9,12-13H2. The van der Waals surface area contributed by atoms with Gasteiger partial charge in [-0.2, -0.15) is 5.26 Å². The molecule has 0 aliphatic heterocycles. The van der Waals surface area contributed by atoms with Gasteiger partial charge in [0.05, 0.1) is 23.2 Å². The largest absolute Gasteiger partial charge is 0.494 e. The molecule has 0 atom stereocenters. The Morgan fingerprint density at radius 1 is 1.24 bits per heavy atom. The summed E-state index contributed by atoms with van der Waals surface area (Å²) in [5.74, 6) is 1.50. The van der Waals surface area contributed by atoms with Crippen molar-refractivity contribution in [3.63, 3.8) is 0 Å². The quantitative estimate of drug-likeness (QED) is 0.578. The van der Waals surface area contributed by atoms with Gasteiger partial charge in [-0.3, -0.25) is 0 Å². The van der Waals surface area contributed by atoms with Gasteiger partial charge in [-0.05, 0) is 35.6 Å². The SMILES string of the molecule is N#CCCCOc1cccc(CNCc2coc(-c3cccs3)n2)c1. The first kappa shape index (κ1) is 17.2. The number of hydrogen-bond acceptors (Lipinski definition) is 6. The number of nitrogens with zero attached hydrogens (tertiary/aromatic N) is 2. The van der Waals surface area contributed by atoms with Gasteiger partial charge in [-0.1, -0.05) is 18.2 Å². The van der Waals surface area contributed by atoms with Gasteiger partial charge in [0.15, 0.2) is 0 Å². The van der Waals surface area contributed by atoms with Crippen molar-refractivity contribution >= 4 is 11.3 Å². The average molecular weight is 353 g/mol. The van der Waals surface area contributed by atoms with Gasteiger partial charge in [0.25, 0.3) is 0 Å². The summed E-state index contributed by atoms with van der Waals surface area (Å²) in [6, 6.07) is 14.1. The van der Waals surface area contributed by atoms with E-state index < -0.39 is 0 Å². The molecule has 2 heterocycles. The molecule has 128 valence electrons. The number of unbranched alkanes of at least 4 members (excludes halogenated alkanes) is 1. The highest BCUT2D eigenvalue weighted by Crippen LogP contribution is 2.23. The summed E-state index contributed by atoms with van der Waals surface area (Å²) < 4.78 is 11.2. The minimum Gasteiger partial charge on any atom is -0.494 e. The summed E-state index contributed by atoms with van der Waals surface area (Å²) in [6.07, 6.45) is 2.96. The lowest BCUT2D eigenvalue weighted by atomic mass is 10.2. The van der Waals surface area contributed by atoms with E-state index in [1.165, 1.54) is 0 Å². The van der Waals surface area contributed by atoms with E-state index in [1.54, 1.807) is 17.6 Å². The van der Waals surface area contributed by atoms with Crippen molar-refractivity contribution in [2.24, 2.45) is 0 Å². The normalized spacial score (nSPS) is 10.5. The van der Waals surface area contributed by atoms with Crippen LogP contribution in [0.1, 0.15) is 24.1 Å². The number of rotatable bonds is 9. The van der Waals surface area contributed by atoms with Gasteiger partial charge in [0.2, 0.25) is 5.89 Å². The summed E-state index contributed by atoms with van der Waals surface area (Å²) in [5.41, 5.74) is 2.02. The molecule has 0 radical (unpaired) electrons. The topological polar surface area (TPSA) is 71.1 Å². The van der Waals surface area contributed by atoms with Gasteiger partial charge in [0, 0.05) is 19.5 Å². The monoisotopic (exact) mass is 353 g/mol. The van der Waals surface area contributed by atoms with E-state index in [0.29, 0.717) is 25.5 Å². The van der Waals surface area contributed by atoms with E-state index in [1.807, 2.05) is 35.7 Å². The molecule has 25 heavy (non-hydrogen) atoms. The average Bonchev–Trinajstić information content (AvgIpc) is 3.31. The van der Waals surface area contributed by atoms with E-state index in [9.17, 15) is 0 Å². The molecule has 0 aliphatic carbocycles. The number of oxazole rings is 1. The minimum atomic E-state index is 0.520. The first-order valence-corrected chi connectivity index (χ1v) is 9.01. The van der Waals surface area contributed by atoms with Crippen LogP contribution in [0.4, 0.5) is 0 Å². The Bertz CT molecular complexity index is 821. The number of hydrogen-bond donors (Lipinski definition) is 1. The first-order chi connectivity index (χ1) is 12.3. The van der Waals surface area contributed by atoms with Gasteiger partial charge >= 0.3 is 0 Å². The van der Waals surface area contributed by atoms with Crippen LogP contribution >= 0.6 is 11.3 Å².